The van der Waals surface area contributed by atoms with Crippen LogP contribution in [0.25, 0.3) is 0 Å². The van der Waals surface area contributed by atoms with Crippen LogP contribution in [0.15, 0.2) is 36.4 Å². The first kappa shape index (κ1) is 12.5. The standard InChI is InChI=1S/2C6H3F2.Hg/c2*7-5-2-1-3-6(8)4-5;/h2*1-3H;. The third kappa shape index (κ3) is 2.68. The van der Waals surface area contributed by atoms with Crippen molar-refractivity contribution in [2.75, 3.05) is 0 Å². The van der Waals surface area contributed by atoms with Crippen molar-refractivity contribution in [3.8, 4) is 0 Å². The Kier molecular flexibility index (Phi) is 3.81. The Labute approximate surface area is 108 Å². The van der Waals surface area contributed by atoms with Crippen molar-refractivity contribution in [3.63, 3.8) is 0 Å². The Bertz CT molecular complexity index is 464. The third-order valence-corrected chi connectivity index (χ3v) is 10.5. The zero-order valence-electron chi connectivity index (χ0n) is 8.68. The van der Waals surface area contributed by atoms with Gasteiger partial charge in [-0.1, -0.05) is 0 Å². The molecule has 0 aliphatic carbocycles. The molecule has 0 amide bonds. The van der Waals surface area contributed by atoms with E-state index in [2.05, 4.69) is 0 Å². The van der Waals surface area contributed by atoms with E-state index in [0.717, 1.165) is 24.3 Å². The SMILES string of the molecule is Fc1cccc(F)[c]1[Hg][c]1c(F)cccc1F. The number of hydrogen-bond acceptors (Lipinski definition) is 0. The average molecular weight is 427 g/mol. The fraction of sp³-hybridized carbons (Fsp3) is 0. The fourth-order valence-corrected chi connectivity index (χ4v) is 7.41. The molecule has 2 rings (SSSR count). The number of benzene rings is 2. The molecule has 0 unspecified atom stereocenters. The maximum absolute atomic E-state index is 13.4. The van der Waals surface area contributed by atoms with Crippen LogP contribution in [-0.2, 0) is 24.6 Å². The summed E-state index contributed by atoms with van der Waals surface area (Å²) < 4.78 is 53.3. The van der Waals surface area contributed by atoms with Gasteiger partial charge in [-0.25, -0.2) is 0 Å². The van der Waals surface area contributed by atoms with E-state index in [1.165, 1.54) is 12.1 Å². The summed E-state index contributed by atoms with van der Waals surface area (Å²) >= 11 is -2.69. The summed E-state index contributed by atoms with van der Waals surface area (Å²) in [5, 5.41) is 0. The molecular formula is C12H6F4Hg. The predicted molar refractivity (Wildman–Crippen MR) is 52.0 cm³/mol. The number of halogens is 4. The molecule has 0 atom stereocenters. The Morgan fingerprint density at radius 3 is 1.18 bits per heavy atom. The number of rotatable bonds is 2. The van der Waals surface area contributed by atoms with E-state index in [-0.39, 0.29) is 6.14 Å². The van der Waals surface area contributed by atoms with Gasteiger partial charge in [-0.3, -0.25) is 0 Å². The van der Waals surface area contributed by atoms with Crippen LogP contribution in [0.4, 0.5) is 17.6 Å². The Morgan fingerprint density at radius 1 is 0.588 bits per heavy atom. The summed E-state index contributed by atoms with van der Waals surface area (Å²) in [5.41, 5.74) is 0. The van der Waals surface area contributed by atoms with E-state index in [4.69, 9.17) is 0 Å². The van der Waals surface area contributed by atoms with Crippen molar-refractivity contribution < 1.29 is 42.1 Å². The molecule has 0 aliphatic rings. The van der Waals surface area contributed by atoms with Gasteiger partial charge in [0, 0.05) is 0 Å². The molecule has 17 heavy (non-hydrogen) atoms. The zero-order valence-corrected chi connectivity index (χ0v) is 14.2. The van der Waals surface area contributed by atoms with Crippen LogP contribution in [-0.4, -0.2) is 0 Å². The molecule has 0 N–H and O–H groups in total. The molecule has 2 aromatic rings. The first-order chi connectivity index (χ1) is 8.09. The van der Waals surface area contributed by atoms with E-state index in [1.54, 1.807) is 0 Å². The van der Waals surface area contributed by atoms with Crippen molar-refractivity contribution in [1.29, 1.82) is 0 Å². The zero-order chi connectivity index (χ0) is 12.4. The summed E-state index contributed by atoms with van der Waals surface area (Å²) in [6.45, 7) is 0. The van der Waals surface area contributed by atoms with E-state index in [9.17, 15) is 17.6 Å². The van der Waals surface area contributed by atoms with Gasteiger partial charge in [0.15, 0.2) is 0 Å². The topological polar surface area (TPSA) is 0 Å². The van der Waals surface area contributed by atoms with Crippen LogP contribution in [0.1, 0.15) is 0 Å². The van der Waals surface area contributed by atoms with Crippen LogP contribution in [0.3, 0.4) is 0 Å². The first-order valence-electron chi connectivity index (χ1n) is 4.95. The van der Waals surface area contributed by atoms with Gasteiger partial charge in [-0.2, -0.15) is 0 Å². The molecular weight excluding hydrogens is 421 g/mol. The van der Waals surface area contributed by atoms with Crippen LogP contribution in [0, 0.1) is 23.3 Å². The van der Waals surface area contributed by atoms with Gasteiger partial charge >= 0.3 is 108 Å². The van der Waals surface area contributed by atoms with Crippen LogP contribution >= 0.6 is 0 Å². The average Bonchev–Trinajstić information content (AvgIpc) is 2.27. The van der Waals surface area contributed by atoms with Crippen molar-refractivity contribution in [3.05, 3.63) is 59.7 Å². The molecule has 0 bridgehead atoms. The summed E-state index contributed by atoms with van der Waals surface area (Å²) in [6, 6.07) is 6.90. The predicted octanol–water partition coefficient (Wildman–Crippen LogP) is 2.28. The molecule has 0 spiro atoms. The monoisotopic (exact) mass is 428 g/mol. The Balaban J connectivity index is 2.45. The Morgan fingerprint density at radius 2 is 0.882 bits per heavy atom. The second-order valence-corrected chi connectivity index (χ2v) is 10.4. The molecule has 0 fully saturated rings. The molecule has 0 saturated heterocycles. The molecule has 2 aromatic carbocycles. The van der Waals surface area contributed by atoms with Gasteiger partial charge in [-0.15, -0.1) is 0 Å². The fourth-order valence-electron chi connectivity index (χ4n) is 1.58. The molecule has 0 radical (unpaired) electrons. The van der Waals surface area contributed by atoms with Gasteiger partial charge in [0.1, 0.15) is 0 Å². The first-order valence-corrected chi connectivity index (χ1v) is 10.4. The quantitative estimate of drug-likeness (QED) is 0.510. The van der Waals surface area contributed by atoms with Crippen LogP contribution < -0.4 is 6.14 Å². The molecule has 0 heterocycles. The van der Waals surface area contributed by atoms with Gasteiger partial charge < -0.3 is 0 Å². The van der Waals surface area contributed by atoms with E-state index >= 15 is 0 Å². The van der Waals surface area contributed by atoms with Crippen LogP contribution in [0.5, 0.6) is 0 Å². The van der Waals surface area contributed by atoms with Gasteiger partial charge in [-0.05, 0) is 0 Å². The second-order valence-electron chi connectivity index (χ2n) is 3.58. The van der Waals surface area contributed by atoms with Crippen molar-refractivity contribution in [2.45, 2.75) is 0 Å². The second kappa shape index (κ2) is 5.17. The number of hydrogen-bond donors (Lipinski definition) is 0. The van der Waals surface area contributed by atoms with E-state index in [0.29, 0.717) is 0 Å². The van der Waals surface area contributed by atoms with Gasteiger partial charge in [0.25, 0.3) is 0 Å². The maximum atomic E-state index is 13.4. The van der Waals surface area contributed by atoms with Crippen molar-refractivity contribution in [1.82, 2.24) is 0 Å². The summed E-state index contributed by atoms with van der Waals surface area (Å²) in [5.74, 6) is -2.85. The molecule has 0 nitrogen and oxygen atoms in total. The third-order valence-electron chi connectivity index (χ3n) is 2.48. The minimum absolute atomic E-state index is 0.114. The summed E-state index contributed by atoms with van der Waals surface area (Å²) in [4.78, 5) is 0. The molecule has 84 valence electrons. The van der Waals surface area contributed by atoms with Crippen molar-refractivity contribution in [2.24, 2.45) is 0 Å². The normalized spacial score (nSPS) is 10.1. The van der Waals surface area contributed by atoms with Crippen LogP contribution in [0.2, 0.25) is 0 Å². The molecule has 0 aliphatic heterocycles. The molecule has 0 aromatic heterocycles. The van der Waals surface area contributed by atoms with Gasteiger partial charge in [0.05, 0.1) is 0 Å². The molecule has 0 saturated carbocycles. The summed E-state index contributed by atoms with van der Waals surface area (Å²) in [7, 11) is 0. The van der Waals surface area contributed by atoms with E-state index in [1.807, 2.05) is 0 Å². The van der Waals surface area contributed by atoms with E-state index < -0.39 is 47.8 Å². The minimum atomic E-state index is -2.69. The van der Waals surface area contributed by atoms with Crippen molar-refractivity contribution >= 4 is 6.14 Å². The summed E-state index contributed by atoms with van der Waals surface area (Å²) in [6.07, 6.45) is 0. The Hall–Kier alpha value is -0.905. The molecule has 5 heteroatoms. The van der Waals surface area contributed by atoms with Gasteiger partial charge in [0.2, 0.25) is 0 Å².